The molecule has 0 bridgehead atoms. The van der Waals surface area contributed by atoms with Crippen molar-refractivity contribution in [2.45, 2.75) is 0 Å². The molecule has 0 aliphatic rings. The van der Waals surface area contributed by atoms with Gasteiger partial charge in [0.1, 0.15) is 12.1 Å². The molecule has 0 amide bonds. The molecule has 0 saturated heterocycles. The smallest absolute Gasteiger partial charge is 0.101 e. The zero-order valence-corrected chi connectivity index (χ0v) is 25.1. The van der Waals surface area contributed by atoms with Gasteiger partial charge in [0.05, 0.1) is 11.1 Å². The Labute approximate surface area is 269 Å². The third-order valence-electron chi connectivity index (χ3n) is 8.36. The van der Waals surface area contributed by atoms with Gasteiger partial charge in [-0.05, 0) is 78.9 Å². The number of rotatable bonds is 6. The topological polar surface area (TPSA) is 47.6 Å². The fourth-order valence-electron chi connectivity index (χ4n) is 6.40. The Bertz CT molecular complexity index is 2120. The predicted molar refractivity (Wildman–Crippen MR) is 188 cm³/mol. The average molecular weight is 585 g/mol. The Morgan fingerprint density at radius 3 is 0.783 bits per heavy atom. The van der Waals surface area contributed by atoms with Crippen molar-refractivity contribution < 1.29 is 0 Å². The Hall–Kier alpha value is -6.48. The van der Waals surface area contributed by atoms with E-state index in [9.17, 15) is 10.5 Å². The number of hydrogen-bond acceptors (Lipinski definition) is 2. The van der Waals surface area contributed by atoms with Crippen molar-refractivity contribution >= 4 is 0 Å². The standard InChI is InChI=1S/C44H28N2/c45-29-37-27-26-36(28-38(37)30-46)44-42(34-22-12-4-13-23-34)40(32-18-8-2-9-19-32)39(31-16-6-1-7-17-31)41(33-20-10-3-11-21-33)43(44)35-24-14-5-15-25-35/h1-28H. The number of nitrogens with zero attached hydrogens (tertiary/aromatic N) is 2. The molecule has 2 nitrogen and oxygen atoms in total. The summed E-state index contributed by atoms with van der Waals surface area (Å²) in [6, 6.07) is 62.9. The van der Waals surface area contributed by atoms with Crippen molar-refractivity contribution in [1.29, 1.82) is 10.5 Å². The van der Waals surface area contributed by atoms with Gasteiger partial charge in [-0.25, -0.2) is 0 Å². The van der Waals surface area contributed by atoms with Crippen LogP contribution in [0, 0.1) is 22.7 Å². The fourth-order valence-corrected chi connectivity index (χ4v) is 6.40. The molecule has 0 radical (unpaired) electrons. The molecule has 0 aliphatic heterocycles. The number of nitriles is 2. The normalized spacial score (nSPS) is 10.6. The van der Waals surface area contributed by atoms with Gasteiger partial charge in [-0.1, -0.05) is 158 Å². The lowest BCUT2D eigenvalue weighted by atomic mass is 9.74. The molecule has 7 rings (SSSR count). The summed E-state index contributed by atoms with van der Waals surface area (Å²) in [5, 5.41) is 20.0. The first-order valence-electron chi connectivity index (χ1n) is 15.2. The van der Waals surface area contributed by atoms with Crippen LogP contribution in [0.15, 0.2) is 170 Å². The molecule has 214 valence electrons. The van der Waals surface area contributed by atoms with Crippen LogP contribution in [0.4, 0.5) is 0 Å². The van der Waals surface area contributed by atoms with Crippen molar-refractivity contribution in [3.05, 3.63) is 181 Å². The molecule has 0 atom stereocenters. The Morgan fingerprint density at radius 1 is 0.261 bits per heavy atom. The molecule has 46 heavy (non-hydrogen) atoms. The maximum Gasteiger partial charge on any atom is 0.101 e. The first-order valence-corrected chi connectivity index (χ1v) is 15.2. The zero-order valence-electron chi connectivity index (χ0n) is 25.1. The molecule has 0 N–H and O–H groups in total. The van der Waals surface area contributed by atoms with E-state index in [0.717, 1.165) is 66.8 Å². The van der Waals surface area contributed by atoms with E-state index in [1.165, 1.54) is 0 Å². The minimum atomic E-state index is 0.354. The lowest BCUT2D eigenvalue weighted by Crippen LogP contribution is -2.02. The minimum Gasteiger partial charge on any atom is -0.192 e. The van der Waals surface area contributed by atoms with E-state index in [0.29, 0.717) is 11.1 Å². The van der Waals surface area contributed by atoms with Gasteiger partial charge in [0.2, 0.25) is 0 Å². The van der Waals surface area contributed by atoms with Gasteiger partial charge in [-0.2, -0.15) is 10.5 Å². The summed E-state index contributed by atoms with van der Waals surface area (Å²) >= 11 is 0. The SMILES string of the molecule is N#Cc1ccc(-c2c(-c3ccccc3)c(-c3ccccc3)c(-c3ccccc3)c(-c3ccccc3)c2-c2ccccc2)cc1C#N. The highest BCUT2D eigenvalue weighted by Gasteiger charge is 2.29. The molecule has 0 aromatic heterocycles. The second-order valence-electron chi connectivity index (χ2n) is 11.1. The summed E-state index contributed by atoms with van der Waals surface area (Å²) in [6.45, 7) is 0. The van der Waals surface area contributed by atoms with Gasteiger partial charge >= 0.3 is 0 Å². The quantitative estimate of drug-likeness (QED) is 0.195. The van der Waals surface area contributed by atoms with Gasteiger partial charge in [-0.3, -0.25) is 0 Å². The largest absolute Gasteiger partial charge is 0.192 e. The molecule has 0 fully saturated rings. The molecule has 7 aromatic rings. The van der Waals surface area contributed by atoms with Crippen molar-refractivity contribution in [2.75, 3.05) is 0 Å². The average Bonchev–Trinajstić information content (AvgIpc) is 3.15. The molecule has 0 aliphatic carbocycles. The summed E-state index contributed by atoms with van der Waals surface area (Å²) in [5.74, 6) is 0. The van der Waals surface area contributed by atoms with Gasteiger partial charge < -0.3 is 0 Å². The van der Waals surface area contributed by atoms with Gasteiger partial charge in [-0.15, -0.1) is 0 Å². The van der Waals surface area contributed by atoms with Crippen LogP contribution in [0.25, 0.3) is 66.8 Å². The summed E-state index contributed by atoms with van der Waals surface area (Å²) in [7, 11) is 0. The van der Waals surface area contributed by atoms with E-state index in [2.05, 4.69) is 140 Å². The lowest BCUT2D eigenvalue weighted by molar-refractivity contribution is 1.43. The maximum absolute atomic E-state index is 10.2. The molecule has 0 heterocycles. The summed E-state index contributed by atoms with van der Waals surface area (Å²) in [5.41, 5.74) is 13.5. The third kappa shape index (κ3) is 5.16. The Morgan fingerprint density at radius 2 is 0.522 bits per heavy atom. The molecular weight excluding hydrogens is 556 g/mol. The third-order valence-corrected chi connectivity index (χ3v) is 8.36. The monoisotopic (exact) mass is 584 g/mol. The van der Waals surface area contributed by atoms with Crippen LogP contribution in [0.2, 0.25) is 0 Å². The Kier molecular flexibility index (Phi) is 7.77. The van der Waals surface area contributed by atoms with E-state index in [1.54, 1.807) is 6.07 Å². The number of hydrogen-bond donors (Lipinski definition) is 0. The first kappa shape index (κ1) is 28.3. The van der Waals surface area contributed by atoms with Crippen molar-refractivity contribution in [2.24, 2.45) is 0 Å². The number of benzene rings is 7. The molecule has 7 aromatic carbocycles. The lowest BCUT2D eigenvalue weighted by Gasteiger charge is -2.29. The predicted octanol–water partition coefficient (Wildman–Crippen LogP) is 11.4. The van der Waals surface area contributed by atoms with Crippen LogP contribution < -0.4 is 0 Å². The van der Waals surface area contributed by atoms with Crippen LogP contribution in [0.1, 0.15) is 11.1 Å². The minimum absolute atomic E-state index is 0.354. The van der Waals surface area contributed by atoms with E-state index in [4.69, 9.17) is 0 Å². The van der Waals surface area contributed by atoms with Crippen LogP contribution in [-0.4, -0.2) is 0 Å². The second kappa shape index (κ2) is 12.6. The van der Waals surface area contributed by atoms with E-state index in [1.807, 2.05) is 36.4 Å². The maximum atomic E-state index is 10.2. The van der Waals surface area contributed by atoms with Crippen LogP contribution in [0.5, 0.6) is 0 Å². The van der Waals surface area contributed by atoms with Crippen LogP contribution in [-0.2, 0) is 0 Å². The highest BCUT2D eigenvalue weighted by atomic mass is 14.3. The molecule has 0 saturated carbocycles. The molecular formula is C44H28N2. The summed E-state index contributed by atoms with van der Waals surface area (Å²) in [6.07, 6.45) is 0. The summed E-state index contributed by atoms with van der Waals surface area (Å²) in [4.78, 5) is 0. The zero-order chi connectivity index (χ0) is 31.3. The van der Waals surface area contributed by atoms with Crippen molar-refractivity contribution in [3.63, 3.8) is 0 Å². The van der Waals surface area contributed by atoms with Crippen molar-refractivity contribution in [3.8, 4) is 78.9 Å². The second-order valence-corrected chi connectivity index (χ2v) is 11.1. The van der Waals surface area contributed by atoms with Crippen molar-refractivity contribution in [1.82, 2.24) is 0 Å². The van der Waals surface area contributed by atoms with E-state index in [-0.39, 0.29) is 0 Å². The van der Waals surface area contributed by atoms with Gasteiger partial charge in [0.25, 0.3) is 0 Å². The Balaban J connectivity index is 1.82. The van der Waals surface area contributed by atoms with Crippen LogP contribution >= 0.6 is 0 Å². The molecule has 0 spiro atoms. The molecule has 0 unspecified atom stereocenters. The highest BCUT2D eigenvalue weighted by molar-refractivity contribution is 6.15. The first-order chi connectivity index (χ1) is 22.8. The summed E-state index contributed by atoms with van der Waals surface area (Å²) < 4.78 is 0. The van der Waals surface area contributed by atoms with E-state index < -0.39 is 0 Å². The van der Waals surface area contributed by atoms with E-state index >= 15 is 0 Å². The fraction of sp³-hybridized carbons (Fsp3) is 0. The van der Waals surface area contributed by atoms with Crippen LogP contribution in [0.3, 0.4) is 0 Å². The highest BCUT2D eigenvalue weighted by Crippen LogP contribution is 2.55. The van der Waals surface area contributed by atoms with Gasteiger partial charge in [0.15, 0.2) is 0 Å². The molecule has 2 heteroatoms. The van der Waals surface area contributed by atoms with Gasteiger partial charge in [0, 0.05) is 0 Å².